The second kappa shape index (κ2) is 8.19. The summed E-state index contributed by atoms with van der Waals surface area (Å²) in [7, 11) is 0. The standard InChI is InChI=1S/C21H16ClNO5/c1-2-28-21(27)18(17(24)12-9-13-7-10-14(22)11-8-13)23-19(25)15-5-3-4-6-16(15)20(23)26/h3-12,18H,2H2,1H3. The zero-order valence-corrected chi connectivity index (χ0v) is 15.7. The third-order valence-corrected chi connectivity index (χ3v) is 4.43. The first kappa shape index (κ1) is 19.5. The summed E-state index contributed by atoms with van der Waals surface area (Å²) in [6, 6.07) is 11.2. The van der Waals surface area contributed by atoms with E-state index in [2.05, 4.69) is 0 Å². The molecule has 0 bridgehead atoms. The monoisotopic (exact) mass is 397 g/mol. The van der Waals surface area contributed by atoms with Crippen LogP contribution in [0.4, 0.5) is 0 Å². The van der Waals surface area contributed by atoms with Crippen molar-refractivity contribution in [1.29, 1.82) is 0 Å². The number of rotatable bonds is 6. The lowest BCUT2D eigenvalue weighted by Gasteiger charge is -2.22. The molecule has 1 heterocycles. The van der Waals surface area contributed by atoms with E-state index in [1.807, 2.05) is 0 Å². The van der Waals surface area contributed by atoms with Gasteiger partial charge in [-0.1, -0.05) is 41.9 Å². The van der Waals surface area contributed by atoms with Crippen LogP contribution in [0.25, 0.3) is 6.08 Å². The van der Waals surface area contributed by atoms with Gasteiger partial charge in [-0.25, -0.2) is 4.79 Å². The van der Waals surface area contributed by atoms with Crippen molar-refractivity contribution < 1.29 is 23.9 Å². The molecule has 0 fully saturated rings. The van der Waals surface area contributed by atoms with Gasteiger partial charge in [0.25, 0.3) is 11.8 Å². The predicted molar refractivity (Wildman–Crippen MR) is 103 cm³/mol. The van der Waals surface area contributed by atoms with E-state index in [1.54, 1.807) is 43.3 Å². The van der Waals surface area contributed by atoms with Crippen LogP contribution in [0, 0.1) is 0 Å². The first-order chi connectivity index (χ1) is 13.4. The fraction of sp³-hybridized carbons (Fsp3) is 0.143. The molecule has 1 aliphatic rings. The van der Waals surface area contributed by atoms with Gasteiger partial charge < -0.3 is 4.74 Å². The van der Waals surface area contributed by atoms with Gasteiger partial charge >= 0.3 is 5.97 Å². The molecule has 7 heteroatoms. The van der Waals surface area contributed by atoms with Crippen molar-refractivity contribution in [2.45, 2.75) is 13.0 Å². The van der Waals surface area contributed by atoms with E-state index in [0.717, 1.165) is 6.08 Å². The van der Waals surface area contributed by atoms with Gasteiger partial charge in [-0.2, -0.15) is 0 Å². The van der Waals surface area contributed by atoms with E-state index in [1.165, 1.54) is 18.2 Å². The van der Waals surface area contributed by atoms with Crippen molar-refractivity contribution in [2.75, 3.05) is 6.61 Å². The average molecular weight is 398 g/mol. The second-order valence-corrected chi connectivity index (χ2v) is 6.40. The fourth-order valence-electron chi connectivity index (χ4n) is 2.86. The van der Waals surface area contributed by atoms with Crippen LogP contribution >= 0.6 is 11.6 Å². The number of fused-ring (bicyclic) bond motifs is 1. The minimum atomic E-state index is -1.68. The molecule has 3 rings (SSSR count). The Morgan fingerprint density at radius 1 is 1.04 bits per heavy atom. The Kier molecular flexibility index (Phi) is 5.70. The van der Waals surface area contributed by atoms with Gasteiger partial charge in [-0.3, -0.25) is 19.3 Å². The third kappa shape index (κ3) is 3.73. The SMILES string of the molecule is CCOC(=O)C(C(=O)C=Cc1ccc(Cl)cc1)N1C(=O)c2ccccc2C1=O. The van der Waals surface area contributed by atoms with Gasteiger partial charge in [-0.05, 0) is 42.8 Å². The topological polar surface area (TPSA) is 80.8 Å². The van der Waals surface area contributed by atoms with Crippen molar-refractivity contribution in [1.82, 2.24) is 4.90 Å². The number of ether oxygens (including phenoxy) is 1. The molecule has 0 aromatic heterocycles. The van der Waals surface area contributed by atoms with Gasteiger partial charge in [-0.15, -0.1) is 0 Å². The molecule has 0 N–H and O–H groups in total. The van der Waals surface area contributed by atoms with E-state index in [0.29, 0.717) is 15.5 Å². The van der Waals surface area contributed by atoms with Gasteiger partial charge in [0.1, 0.15) is 0 Å². The minimum Gasteiger partial charge on any atom is -0.464 e. The van der Waals surface area contributed by atoms with Crippen molar-refractivity contribution in [3.05, 3.63) is 76.3 Å². The summed E-state index contributed by atoms with van der Waals surface area (Å²) in [6.45, 7) is 1.58. The van der Waals surface area contributed by atoms with Gasteiger partial charge in [0.05, 0.1) is 17.7 Å². The van der Waals surface area contributed by atoms with Crippen LogP contribution in [0.2, 0.25) is 5.02 Å². The Labute approximate surface area is 166 Å². The zero-order valence-electron chi connectivity index (χ0n) is 14.9. The van der Waals surface area contributed by atoms with Crippen LogP contribution in [0.1, 0.15) is 33.2 Å². The van der Waals surface area contributed by atoms with Crippen LogP contribution in [0.15, 0.2) is 54.6 Å². The molecule has 28 heavy (non-hydrogen) atoms. The number of hydrogen-bond donors (Lipinski definition) is 0. The van der Waals surface area contributed by atoms with Gasteiger partial charge in [0.2, 0.25) is 0 Å². The van der Waals surface area contributed by atoms with Gasteiger partial charge in [0.15, 0.2) is 11.8 Å². The first-order valence-electron chi connectivity index (χ1n) is 8.55. The molecule has 2 amide bonds. The number of halogens is 1. The van der Waals surface area contributed by atoms with Crippen LogP contribution in [-0.4, -0.2) is 41.1 Å². The van der Waals surface area contributed by atoms with E-state index in [9.17, 15) is 19.2 Å². The predicted octanol–water partition coefficient (Wildman–Crippen LogP) is 3.15. The molecule has 1 unspecified atom stereocenters. The normalized spacial score (nSPS) is 14.3. The Balaban J connectivity index is 1.93. The summed E-state index contributed by atoms with van der Waals surface area (Å²) < 4.78 is 4.94. The maximum absolute atomic E-state index is 12.8. The lowest BCUT2D eigenvalue weighted by molar-refractivity contribution is -0.150. The summed E-state index contributed by atoms with van der Waals surface area (Å²) in [6.07, 6.45) is 2.62. The molecule has 1 atom stereocenters. The lowest BCUT2D eigenvalue weighted by Crippen LogP contribution is -2.50. The highest BCUT2D eigenvalue weighted by atomic mass is 35.5. The summed E-state index contributed by atoms with van der Waals surface area (Å²) in [5.74, 6) is -3.09. The maximum atomic E-state index is 12.8. The molecule has 2 aromatic rings. The molecule has 6 nitrogen and oxygen atoms in total. The molecule has 2 aromatic carbocycles. The molecule has 0 radical (unpaired) electrons. The quantitative estimate of drug-likeness (QED) is 0.324. The van der Waals surface area contributed by atoms with Crippen LogP contribution in [0.5, 0.6) is 0 Å². The molecule has 142 valence electrons. The number of ketones is 1. The number of nitrogens with zero attached hydrogens (tertiary/aromatic N) is 1. The number of carbonyl (C=O) groups is 4. The highest BCUT2D eigenvalue weighted by molar-refractivity contribution is 6.30. The molecular formula is C21H16ClNO5. The number of imide groups is 1. The summed E-state index contributed by atoms with van der Waals surface area (Å²) in [5.41, 5.74) is 0.968. The highest BCUT2D eigenvalue weighted by Gasteiger charge is 2.46. The largest absolute Gasteiger partial charge is 0.464 e. The van der Waals surface area contributed by atoms with Crippen LogP contribution in [0.3, 0.4) is 0 Å². The molecular weight excluding hydrogens is 382 g/mol. The summed E-state index contributed by atoms with van der Waals surface area (Å²) >= 11 is 5.83. The average Bonchev–Trinajstić information content (AvgIpc) is 2.93. The molecule has 0 saturated heterocycles. The first-order valence-corrected chi connectivity index (χ1v) is 8.93. The van der Waals surface area contributed by atoms with Crippen molar-refractivity contribution in [3.63, 3.8) is 0 Å². The molecule has 1 aliphatic heterocycles. The van der Waals surface area contributed by atoms with Gasteiger partial charge in [0, 0.05) is 5.02 Å². The van der Waals surface area contributed by atoms with E-state index in [4.69, 9.17) is 16.3 Å². The number of benzene rings is 2. The molecule has 0 aliphatic carbocycles. The Bertz CT molecular complexity index is 946. The third-order valence-electron chi connectivity index (χ3n) is 4.17. The highest BCUT2D eigenvalue weighted by Crippen LogP contribution is 2.25. The van der Waals surface area contributed by atoms with Crippen molar-refractivity contribution in [3.8, 4) is 0 Å². The lowest BCUT2D eigenvalue weighted by atomic mass is 10.1. The fourth-order valence-corrected chi connectivity index (χ4v) is 2.98. The number of carbonyl (C=O) groups excluding carboxylic acids is 4. The van der Waals surface area contributed by atoms with Crippen LogP contribution in [-0.2, 0) is 14.3 Å². The number of amides is 2. The van der Waals surface area contributed by atoms with Crippen LogP contribution < -0.4 is 0 Å². The second-order valence-electron chi connectivity index (χ2n) is 5.97. The number of esters is 1. The maximum Gasteiger partial charge on any atom is 0.337 e. The number of hydrogen-bond acceptors (Lipinski definition) is 5. The van der Waals surface area contributed by atoms with E-state index < -0.39 is 29.6 Å². The Morgan fingerprint density at radius 2 is 1.61 bits per heavy atom. The van der Waals surface area contributed by atoms with Crippen molar-refractivity contribution in [2.24, 2.45) is 0 Å². The summed E-state index contributed by atoms with van der Waals surface area (Å²) in [5, 5.41) is 0.541. The van der Waals surface area contributed by atoms with E-state index >= 15 is 0 Å². The smallest absolute Gasteiger partial charge is 0.337 e. The zero-order chi connectivity index (χ0) is 20.3. The van der Waals surface area contributed by atoms with E-state index in [-0.39, 0.29) is 17.7 Å². The molecule has 0 saturated carbocycles. The Morgan fingerprint density at radius 3 is 2.14 bits per heavy atom. The van der Waals surface area contributed by atoms with Crippen molar-refractivity contribution >= 4 is 41.2 Å². The summed E-state index contributed by atoms with van der Waals surface area (Å²) in [4.78, 5) is 51.2. The minimum absolute atomic E-state index is 0.00663. The Hall–Kier alpha value is -3.25. The molecule has 0 spiro atoms.